The SMILES string of the molecule is CCCOCCCNCCC(C)c1ccccc1. The number of nitrogens with one attached hydrogen (secondary N) is 1. The van der Waals surface area contributed by atoms with Crippen molar-refractivity contribution in [3.05, 3.63) is 35.9 Å². The lowest BCUT2D eigenvalue weighted by molar-refractivity contribution is 0.132. The molecule has 1 aromatic rings. The Labute approximate surface area is 112 Å². The lowest BCUT2D eigenvalue weighted by Crippen LogP contribution is -2.19. The number of ether oxygens (including phenoxy) is 1. The summed E-state index contributed by atoms with van der Waals surface area (Å²) in [7, 11) is 0. The molecule has 18 heavy (non-hydrogen) atoms. The summed E-state index contributed by atoms with van der Waals surface area (Å²) in [6.07, 6.45) is 3.42. The molecule has 0 saturated heterocycles. The second kappa shape index (κ2) is 10.1. The Morgan fingerprint density at radius 2 is 1.89 bits per heavy atom. The van der Waals surface area contributed by atoms with E-state index in [0.29, 0.717) is 5.92 Å². The molecule has 0 fully saturated rings. The minimum absolute atomic E-state index is 0.634. The van der Waals surface area contributed by atoms with Gasteiger partial charge in [0.2, 0.25) is 0 Å². The van der Waals surface area contributed by atoms with Gasteiger partial charge in [0, 0.05) is 13.2 Å². The maximum atomic E-state index is 5.44. The predicted molar refractivity (Wildman–Crippen MR) is 78.1 cm³/mol. The van der Waals surface area contributed by atoms with Crippen molar-refractivity contribution >= 4 is 0 Å². The van der Waals surface area contributed by atoms with Crippen molar-refractivity contribution in [3.8, 4) is 0 Å². The van der Waals surface area contributed by atoms with Gasteiger partial charge in [0.15, 0.2) is 0 Å². The van der Waals surface area contributed by atoms with Crippen molar-refractivity contribution in [1.82, 2.24) is 5.32 Å². The predicted octanol–water partition coefficient (Wildman–Crippen LogP) is 3.59. The van der Waals surface area contributed by atoms with E-state index in [9.17, 15) is 0 Å². The Balaban J connectivity index is 1.98. The van der Waals surface area contributed by atoms with E-state index in [2.05, 4.69) is 49.5 Å². The molecule has 0 amide bonds. The summed E-state index contributed by atoms with van der Waals surface area (Å²) >= 11 is 0. The number of rotatable bonds is 10. The molecule has 0 bridgehead atoms. The third-order valence-corrected chi connectivity index (χ3v) is 3.11. The van der Waals surface area contributed by atoms with Crippen molar-refractivity contribution in [2.45, 2.75) is 39.0 Å². The molecule has 102 valence electrons. The molecule has 0 spiro atoms. The van der Waals surface area contributed by atoms with Crippen LogP contribution in [0.5, 0.6) is 0 Å². The molecule has 0 heterocycles. The average molecular weight is 249 g/mol. The smallest absolute Gasteiger partial charge is 0.0478 e. The van der Waals surface area contributed by atoms with Crippen LogP contribution in [0.3, 0.4) is 0 Å². The van der Waals surface area contributed by atoms with Crippen LogP contribution in [0, 0.1) is 0 Å². The van der Waals surface area contributed by atoms with Gasteiger partial charge in [-0.15, -0.1) is 0 Å². The Kier molecular flexibility index (Phi) is 8.53. The fourth-order valence-electron chi connectivity index (χ4n) is 1.94. The summed E-state index contributed by atoms with van der Waals surface area (Å²) < 4.78 is 5.44. The van der Waals surface area contributed by atoms with Crippen LogP contribution in [0.25, 0.3) is 0 Å². The first kappa shape index (κ1) is 15.2. The molecule has 1 rings (SSSR count). The first-order valence-electron chi connectivity index (χ1n) is 7.18. The van der Waals surface area contributed by atoms with Gasteiger partial charge in [0.05, 0.1) is 0 Å². The van der Waals surface area contributed by atoms with E-state index < -0.39 is 0 Å². The molecule has 0 saturated carbocycles. The summed E-state index contributed by atoms with van der Waals surface area (Å²) in [6.45, 7) is 8.36. The molecule has 0 aliphatic rings. The Morgan fingerprint density at radius 1 is 1.11 bits per heavy atom. The number of hydrogen-bond donors (Lipinski definition) is 1. The molecule has 2 nitrogen and oxygen atoms in total. The highest BCUT2D eigenvalue weighted by atomic mass is 16.5. The van der Waals surface area contributed by atoms with Gasteiger partial charge in [-0.2, -0.15) is 0 Å². The minimum atomic E-state index is 0.634. The van der Waals surface area contributed by atoms with Gasteiger partial charge in [0.1, 0.15) is 0 Å². The van der Waals surface area contributed by atoms with Gasteiger partial charge < -0.3 is 10.1 Å². The summed E-state index contributed by atoms with van der Waals surface area (Å²) in [5, 5.41) is 3.48. The third kappa shape index (κ3) is 6.77. The fraction of sp³-hybridized carbons (Fsp3) is 0.625. The van der Waals surface area contributed by atoms with Crippen molar-refractivity contribution in [2.75, 3.05) is 26.3 Å². The normalized spacial score (nSPS) is 12.6. The van der Waals surface area contributed by atoms with Gasteiger partial charge in [-0.3, -0.25) is 0 Å². The molecule has 0 aromatic heterocycles. The zero-order chi connectivity index (χ0) is 13.1. The molecule has 2 heteroatoms. The van der Waals surface area contributed by atoms with E-state index in [1.54, 1.807) is 0 Å². The van der Waals surface area contributed by atoms with Gasteiger partial charge in [-0.05, 0) is 43.8 Å². The zero-order valence-corrected chi connectivity index (χ0v) is 11.8. The molecule has 1 aromatic carbocycles. The lowest BCUT2D eigenvalue weighted by Gasteiger charge is -2.12. The number of hydrogen-bond acceptors (Lipinski definition) is 2. The molecule has 0 radical (unpaired) electrons. The van der Waals surface area contributed by atoms with Crippen LogP contribution in [0.1, 0.15) is 44.6 Å². The molecule has 1 atom stereocenters. The first-order valence-corrected chi connectivity index (χ1v) is 7.18. The highest BCUT2D eigenvalue weighted by molar-refractivity contribution is 5.18. The summed E-state index contributed by atoms with van der Waals surface area (Å²) in [6, 6.07) is 10.7. The molecule has 0 aliphatic carbocycles. The van der Waals surface area contributed by atoms with Gasteiger partial charge in [-0.25, -0.2) is 0 Å². The van der Waals surface area contributed by atoms with E-state index in [1.807, 2.05) is 0 Å². The topological polar surface area (TPSA) is 21.3 Å². The second-order valence-electron chi connectivity index (χ2n) is 4.82. The Morgan fingerprint density at radius 3 is 2.61 bits per heavy atom. The molecular weight excluding hydrogens is 222 g/mol. The van der Waals surface area contributed by atoms with Crippen LogP contribution >= 0.6 is 0 Å². The summed E-state index contributed by atoms with van der Waals surface area (Å²) in [5.74, 6) is 0.634. The lowest BCUT2D eigenvalue weighted by atomic mass is 9.98. The zero-order valence-electron chi connectivity index (χ0n) is 11.8. The standard InChI is InChI=1S/C16H27NO/c1-3-13-18-14-7-11-17-12-10-15(2)16-8-5-4-6-9-16/h4-6,8-9,15,17H,3,7,10-14H2,1-2H3. The largest absolute Gasteiger partial charge is 0.381 e. The van der Waals surface area contributed by atoms with Gasteiger partial charge in [0.25, 0.3) is 0 Å². The number of benzene rings is 1. The van der Waals surface area contributed by atoms with Crippen molar-refractivity contribution < 1.29 is 4.74 Å². The van der Waals surface area contributed by atoms with Crippen LogP contribution < -0.4 is 5.32 Å². The van der Waals surface area contributed by atoms with Crippen LogP contribution in [0.4, 0.5) is 0 Å². The van der Waals surface area contributed by atoms with E-state index in [0.717, 1.165) is 39.1 Å². The Bertz CT molecular complexity index is 286. The van der Waals surface area contributed by atoms with E-state index >= 15 is 0 Å². The summed E-state index contributed by atoms with van der Waals surface area (Å²) in [4.78, 5) is 0. The van der Waals surface area contributed by atoms with Crippen LogP contribution in [0.15, 0.2) is 30.3 Å². The van der Waals surface area contributed by atoms with Crippen molar-refractivity contribution in [3.63, 3.8) is 0 Å². The Hall–Kier alpha value is -0.860. The van der Waals surface area contributed by atoms with Crippen LogP contribution in [-0.2, 0) is 4.74 Å². The minimum Gasteiger partial charge on any atom is -0.381 e. The van der Waals surface area contributed by atoms with Gasteiger partial charge in [-0.1, -0.05) is 44.2 Å². The average Bonchev–Trinajstić information content (AvgIpc) is 2.42. The highest BCUT2D eigenvalue weighted by Gasteiger charge is 2.03. The molecule has 1 N–H and O–H groups in total. The fourth-order valence-corrected chi connectivity index (χ4v) is 1.94. The van der Waals surface area contributed by atoms with E-state index in [4.69, 9.17) is 4.74 Å². The molecular formula is C16H27NO. The van der Waals surface area contributed by atoms with Gasteiger partial charge >= 0.3 is 0 Å². The third-order valence-electron chi connectivity index (χ3n) is 3.11. The quantitative estimate of drug-likeness (QED) is 0.640. The monoisotopic (exact) mass is 249 g/mol. The summed E-state index contributed by atoms with van der Waals surface area (Å²) in [5.41, 5.74) is 1.44. The second-order valence-corrected chi connectivity index (χ2v) is 4.82. The van der Waals surface area contributed by atoms with Crippen molar-refractivity contribution in [2.24, 2.45) is 0 Å². The molecule has 0 aliphatic heterocycles. The maximum absolute atomic E-state index is 5.44. The first-order chi connectivity index (χ1) is 8.84. The maximum Gasteiger partial charge on any atom is 0.0478 e. The van der Waals surface area contributed by atoms with Crippen molar-refractivity contribution in [1.29, 1.82) is 0 Å². The van der Waals surface area contributed by atoms with Crippen LogP contribution in [0.2, 0.25) is 0 Å². The van der Waals surface area contributed by atoms with Crippen LogP contribution in [-0.4, -0.2) is 26.3 Å². The van der Waals surface area contributed by atoms with E-state index in [-0.39, 0.29) is 0 Å². The van der Waals surface area contributed by atoms with E-state index in [1.165, 1.54) is 12.0 Å². The molecule has 1 unspecified atom stereocenters. The highest BCUT2D eigenvalue weighted by Crippen LogP contribution is 2.17.